The second-order valence-corrected chi connectivity index (χ2v) is 6.99. The molecule has 0 bridgehead atoms. The molecule has 0 amide bonds. The Labute approximate surface area is 127 Å². The molecular formula is C16H23Cl2N. The van der Waals surface area contributed by atoms with Crippen LogP contribution in [0.2, 0.25) is 10.0 Å². The molecule has 0 saturated heterocycles. The third-order valence-corrected chi connectivity index (χ3v) is 3.43. The van der Waals surface area contributed by atoms with Gasteiger partial charge in [0, 0.05) is 22.1 Å². The van der Waals surface area contributed by atoms with Crippen LogP contribution in [0.15, 0.2) is 23.8 Å². The maximum atomic E-state index is 6.22. The predicted octanol–water partition coefficient (Wildman–Crippen LogP) is 5.42. The van der Waals surface area contributed by atoms with Crippen LogP contribution in [0.4, 0.5) is 0 Å². The Balaban J connectivity index is 2.95. The van der Waals surface area contributed by atoms with E-state index in [0.29, 0.717) is 16.0 Å². The zero-order valence-corrected chi connectivity index (χ0v) is 13.9. The SMILES string of the molecule is CC(C)C(=Cc1ccc(Cl)cc1Cl)CNC(C)(C)C. The lowest BCUT2D eigenvalue weighted by Crippen LogP contribution is -2.37. The fourth-order valence-electron chi connectivity index (χ4n) is 1.61. The molecule has 3 heteroatoms. The first kappa shape index (κ1) is 16.6. The van der Waals surface area contributed by atoms with Crippen LogP contribution < -0.4 is 5.32 Å². The van der Waals surface area contributed by atoms with Crippen LogP contribution in [0.5, 0.6) is 0 Å². The highest BCUT2D eigenvalue weighted by Gasteiger charge is 2.12. The van der Waals surface area contributed by atoms with Crippen molar-refractivity contribution in [1.29, 1.82) is 0 Å². The van der Waals surface area contributed by atoms with Gasteiger partial charge in [-0.2, -0.15) is 0 Å². The Morgan fingerprint density at radius 1 is 1.26 bits per heavy atom. The Hall–Kier alpha value is -0.500. The van der Waals surface area contributed by atoms with Crippen molar-refractivity contribution in [1.82, 2.24) is 5.32 Å². The van der Waals surface area contributed by atoms with Crippen LogP contribution in [-0.2, 0) is 0 Å². The Kier molecular flexibility index (Phi) is 5.91. The molecule has 106 valence electrons. The molecule has 0 saturated carbocycles. The van der Waals surface area contributed by atoms with E-state index in [1.165, 1.54) is 5.57 Å². The zero-order chi connectivity index (χ0) is 14.6. The van der Waals surface area contributed by atoms with Crippen molar-refractivity contribution in [2.75, 3.05) is 6.54 Å². The molecule has 1 aromatic carbocycles. The molecule has 0 fully saturated rings. The fraction of sp³-hybridized carbons (Fsp3) is 0.500. The lowest BCUT2D eigenvalue weighted by molar-refractivity contribution is 0.437. The van der Waals surface area contributed by atoms with Gasteiger partial charge in [-0.1, -0.05) is 54.8 Å². The Morgan fingerprint density at radius 3 is 2.37 bits per heavy atom. The lowest BCUT2D eigenvalue weighted by atomic mass is 9.98. The summed E-state index contributed by atoms with van der Waals surface area (Å²) < 4.78 is 0. The monoisotopic (exact) mass is 299 g/mol. The van der Waals surface area contributed by atoms with Gasteiger partial charge in [-0.15, -0.1) is 0 Å². The first-order valence-electron chi connectivity index (χ1n) is 6.59. The molecule has 0 heterocycles. The van der Waals surface area contributed by atoms with Crippen molar-refractivity contribution >= 4 is 29.3 Å². The van der Waals surface area contributed by atoms with Crippen molar-refractivity contribution in [3.63, 3.8) is 0 Å². The van der Waals surface area contributed by atoms with Crippen LogP contribution in [0.25, 0.3) is 6.08 Å². The smallest absolute Gasteiger partial charge is 0.0493 e. The summed E-state index contributed by atoms with van der Waals surface area (Å²) in [5.41, 5.74) is 2.46. The molecule has 19 heavy (non-hydrogen) atoms. The summed E-state index contributed by atoms with van der Waals surface area (Å²) in [7, 11) is 0. The molecule has 1 aromatic rings. The molecule has 0 radical (unpaired) electrons. The van der Waals surface area contributed by atoms with E-state index in [1.54, 1.807) is 6.07 Å². The molecule has 1 N–H and O–H groups in total. The van der Waals surface area contributed by atoms with E-state index in [2.05, 4.69) is 46.0 Å². The van der Waals surface area contributed by atoms with Gasteiger partial charge in [-0.05, 0) is 44.4 Å². The summed E-state index contributed by atoms with van der Waals surface area (Å²) in [5, 5.41) is 4.88. The standard InChI is InChI=1S/C16H23Cl2N/c1-11(2)13(10-19-16(3,4)5)8-12-6-7-14(17)9-15(12)18/h6-9,11,19H,10H2,1-5H3. The molecule has 1 nitrogen and oxygen atoms in total. The number of rotatable bonds is 4. The average molecular weight is 300 g/mol. The summed E-state index contributed by atoms with van der Waals surface area (Å²) >= 11 is 12.1. The topological polar surface area (TPSA) is 12.0 Å². The third-order valence-electron chi connectivity index (χ3n) is 2.87. The quantitative estimate of drug-likeness (QED) is 0.782. The van der Waals surface area contributed by atoms with Gasteiger partial charge in [0.25, 0.3) is 0 Å². The Morgan fingerprint density at radius 2 is 1.89 bits per heavy atom. The van der Waals surface area contributed by atoms with Crippen molar-refractivity contribution in [2.45, 2.75) is 40.2 Å². The van der Waals surface area contributed by atoms with Crippen LogP contribution in [-0.4, -0.2) is 12.1 Å². The van der Waals surface area contributed by atoms with Gasteiger partial charge >= 0.3 is 0 Å². The van der Waals surface area contributed by atoms with E-state index in [0.717, 1.165) is 12.1 Å². The van der Waals surface area contributed by atoms with Crippen LogP contribution >= 0.6 is 23.2 Å². The van der Waals surface area contributed by atoms with Gasteiger partial charge in [0.05, 0.1) is 0 Å². The van der Waals surface area contributed by atoms with Crippen LogP contribution in [0.3, 0.4) is 0 Å². The van der Waals surface area contributed by atoms with Crippen molar-refractivity contribution in [3.8, 4) is 0 Å². The molecular weight excluding hydrogens is 277 g/mol. The molecule has 0 aliphatic heterocycles. The van der Waals surface area contributed by atoms with Gasteiger partial charge in [0.2, 0.25) is 0 Å². The van der Waals surface area contributed by atoms with Crippen LogP contribution in [0, 0.1) is 5.92 Å². The summed E-state index contributed by atoms with van der Waals surface area (Å²) in [4.78, 5) is 0. The molecule has 1 rings (SSSR count). The van der Waals surface area contributed by atoms with E-state index in [-0.39, 0.29) is 5.54 Å². The highest BCUT2D eigenvalue weighted by atomic mass is 35.5. The van der Waals surface area contributed by atoms with E-state index in [1.807, 2.05) is 12.1 Å². The number of hydrogen-bond acceptors (Lipinski definition) is 1. The number of nitrogens with one attached hydrogen (secondary N) is 1. The minimum absolute atomic E-state index is 0.109. The van der Waals surface area contributed by atoms with Gasteiger partial charge in [-0.25, -0.2) is 0 Å². The summed E-state index contributed by atoms with van der Waals surface area (Å²) in [6.45, 7) is 11.8. The first-order chi connectivity index (χ1) is 8.69. The Bertz CT molecular complexity index is 456. The highest BCUT2D eigenvalue weighted by molar-refractivity contribution is 6.35. The number of benzene rings is 1. The first-order valence-corrected chi connectivity index (χ1v) is 7.35. The van der Waals surface area contributed by atoms with Crippen molar-refractivity contribution in [2.24, 2.45) is 5.92 Å². The predicted molar refractivity (Wildman–Crippen MR) is 87.0 cm³/mol. The highest BCUT2D eigenvalue weighted by Crippen LogP contribution is 2.24. The van der Waals surface area contributed by atoms with Crippen LogP contribution in [0.1, 0.15) is 40.2 Å². The van der Waals surface area contributed by atoms with Gasteiger partial charge in [0.15, 0.2) is 0 Å². The van der Waals surface area contributed by atoms with E-state index in [9.17, 15) is 0 Å². The molecule has 0 spiro atoms. The van der Waals surface area contributed by atoms with Crippen molar-refractivity contribution < 1.29 is 0 Å². The van der Waals surface area contributed by atoms with E-state index < -0.39 is 0 Å². The van der Waals surface area contributed by atoms with Crippen molar-refractivity contribution in [3.05, 3.63) is 39.4 Å². The molecule has 0 aromatic heterocycles. The largest absolute Gasteiger partial charge is 0.308 e. The third kappa shape index (κ3) is 5.99. The van der Waals surface area contributed by atoms with E-state index in [4.69, 9.17) is 23.2 Å². The summed E-state index contributed by atoms with van der Waals surface area (Å²) in [5.74, 6) is 0.474. The van der Waals surface area contributed by atoms with Gasteiger partial charge in [-0.3, -0.25) is 0 Å². The molecule has 0 unspecified atom stereocenters. The van der Waals surface area contributed by atoms with E-state index >= 15 is 0 Å². The maximum Gasteiger partial charge on any atom is 0.0493 e. The number of halogens is 2. The average Bonchev–Trinajstić information content (AvgIpc) is 2.24. The second-order valence-electron chi connectivity index (χ2n) is 6.14. The molecule has 0 atom stereocenters. The summed E-state index contributed by atoms with van der Waals surface area (Å²) in [6.07, 6.45) is 2.15. The summed E-state index contributed by atoms with van der Waals surface area (Å²) in [6, 6.07) is 5.61. The van der Waals surface area contributed by atoms with Gasteiger partial charge < -0.3 is 5.32 Å². The maximum absolute atomic E-state index is 6.22. The lowest BCUT2D eigenvalue weighted by Gasteiger charge is -2.23. The zero-order valence-electron chi connectivity index (χ0n) is 12.3. The molecule has 0 aliphatic carbocycles. The normalized spacial score (nSPS) is 13.2. The van der Waals surface area contributed by atoms with Gasteiger partial charge in [0.1, 0.15) is 0 Å². The number of hydrogen-bond donors (Lipinski definition) is 1. The minimum Gasteiger partial charge on any atom is -0.308 e. The second kappa shape index (κ2) is 6.78. The molecule has 0 aliphatic rings. The fourth-order valence-corrected chi connectivity index (χ4v) is 2.07. The minimum atomic E-state index is 0.109.